The van der Waals surface area contributed by atoms with Crippen molar-refractivity contribution < 1.29 is 14.3 Å². The number of hydrogen-bond acceptors (Lipinski definition) is 3. The fourth-order valence-corrected chi connectivity index (χ4v) is 2.27. The zero-order chi connectivity index (χ0) is 17.7. The fourth-order valence-electron chi connectivity index (χ4n) is 2.17. The van der Waals surface area contributed by atoms with E-state index in [-0.39, 0.29) is 12.5 Å². The highest BCUT2D eigenvalue weighted by molar-refractivity contribution is 6.32. The Bertz CT molecular complexity index is 752. The molecule has 5 nitrogen and oxygen atoms in total. The van der Waals surface area contributed by atoms with Crippen LogP contribution in [0.25, 0.3) is 0 Å². The van der Waals surface area contributed by atoms with Crippen molar-refractivity contribution >= 4 is 29.1 Å². The second kappa shape index (κ2) is 7.84. The monoisotopic (exact) mass is 346 g/mol. The maximum Gasteiger partial charge on any atom is 0.321 e. The Hall–Kier alpha value is -2.53. The van der Waals surface area contributed by atoms with Gasteiger partial charge in [0.1, 0.15) is 5.75 Å². The molecule has 0 saturated carbocycles. The van der Waals surface area contributed by atoms with E-state index in [1.807, 2.05) is 26.0 Å². The Morgan fingerprint density at radius 3 is 2.42 bits per heavy atom. The van der Waals surface area contributed by atoms with Crippen molar-refractivity contribution in [1.82, 2.24) is 5.32 Å². The van der Waals surface area contributed by atoms with Gasteiger partial charge in [0.15, 0.2) is 12.5 Å². The van der Waals surface area contributed by atoms with Gasteiger partial charge in [-0.2, -0.15) is 0 Å². The molecule has 0 fully saturated rings. The summed E-state index contributed by atoms with van der Waals surface area (Å²) in [6.45, 7) is 5.27. The minimum Gasteiger partial charge on any atom is -0.473 e. The quantitative estimate of drug-likeness (QED) is 0.626. The van der Waals surface area contributed by atoms with Gasteiger partial charge in [-0.05, 0) is 56.2 Å². The van der Waals surface area contributed by atoms with E-state index in [2.05, 4.69) is 10.6 Å². The van der Waals surface area contributed by atoms with E-state index < -0.39 is 6.03 Å². The van der Waals surface area contributed by atoms with E-state index in [0.717, 1.165) is 11.1 Å². The molecule has 0 unspecified atom stereocenters. The zero-order valence-corrected chi connectivity index (χ0v) is 14.5. The summed E-state index contributed by atoms with van der Waals surface area (Å²) in [5, 5.41) is 5.95. The summed E-state index contributed by atoms with van der Waals surface area (Å²) in [7, 11) is 0. The minimum absolute atomic E-state index is 0.0126. The van der Waals surface area contributed by atoms with Crippen LogP contribution in [0, 0.1) is 13.8 Å². The highest BCUT2D eigenvalue weighted by Gasteiger charge is 2.06. The van der Waals surface area contributed by atoms with Crippen LogP contribution in [0.3, 0.4) is 0 Å². The highest BCUT2D eigenvalue weighted by atomic mass is 35.5. The van der Waals surface area contributed by atoms with Crippen LogP contribution < -0.4 is 15.4 Å². The Morgan fingerprint density at radius 2 is 1.79 bits per heavy atom. The average molecular weight is 347 g/mol. The standard InChI is InChI=1S/C18H19ClN2O3/c1-11-7-16(8-12(2)17(11)19)24-10-20-18(23)21-15-6-4-5-14(9-15)13(3)22/h4-9H,10H2,1-3H3,(H2,20,21,23). The number of aryl methyl sites for hydroxylation is 2. The van der Waals surface area contributed by atoms with Gasteiger partial charge >= 0.3 is 6.03 Å². The normalized spacial score (nSPS) is 10.2. The van der Waals surface area contributed by atoms with Gasteiger partial charge in [-0.15, -0.1) is 0 Å². The predicted molar refractivity (Wildman–Crippen MR) is 95.0 cm³/mol. The number of carbonyl (C=O) groups is 2. The largest absolute Gasteiger partial charge is 0.473 e. The zero-order valence-electron chi connectivity index (χ0n) is 13.8. The molecule has 0 saturated heterocycles. The van der Waals surface area contributed by atoms with Crippen molar-refractivity contribution in [2.45, 2.75) is 20.8 Å². The van der Waals surface area contributed by atoms with E-state index in [0.29, 0.717) is 22.0 Å². The van der Waals surface area contributed by atoms with Crippen molar-refractivity contribution in [3.8, 4) is 5.75 Å². The molecule has 2 aromatic carbocycles. The van der Waals surface area contributed by atoms with Gasteiger partial charge in [-0.1, -0.05) is 23.7 Å². The molecule has 6 heteroatoms. The molecule has 2 N–H and O–H groups in total. The number of ether oxygens (including phenoxy) is 1. The van der Waals surface area contributed by atoms with Gasteiger partial charge < -0.3 is 15.4 Å². The van der Waals surface area contributed by atoms with Gasteiger partial charge in [-0.25, -0.2) is 4.79 Å². The minimum atomic E-state index is -0.418. The summed E-state index contributed by atoms with van der Waals surface area (Å²) in [6, 6.07) is 9.93. The van der Waals surface area contributed by atoms with Crippen LogP contribution in [0.4, 0.5) is 10.5 Å². The topological polar surface area (TPSA) is 67.4 Å². The van der Waals surface area contributed by atoms with E-state index in [4.69, 9.17) is 16.3 Å². The number of Topliss-reactive ketones (excluding diaryl/α,β-unsaturated/α-hetero) is 1. The van der Waals surface area contributed by atoms with E-state index in [9.17, 15) is 9.59 Å². The second-order valence-corrected chi connectivity index (χ2v) is 5.81. The SMILES string of the molecule is CC(=O)c1cccc(NC(=O)NCOc2cc(C)c(Cl)c(C)c2)c1. The lowest BCUT2D eigenvalue weighted by Gasteiger charge is -2.12. The number of ketones is 1. The van der Waals surface area contributed by atoms with Gasteiger partial charge in [-0.3, -0.25) is 4.79 Å². The van der Waals surface area contributed by atoms with E-state index in [1.165, 1.54) is 6.92 Å². The Morgan fingerprint density at radius 1 is 1.12 bits per heavy atom. The first kappa shape index (κ1) is 17.8. The number of benzene rings is 2. The van der Waals surface area contributed by atoms with Gasteiger partial charge in [0, 0.05) is 16.3 Å². The molecule has 24 heavy (non-hydrogen) atoms. The number of halogens is 1. The lowest BCUT2D eigenvalue weighted by molar-refractivity contribution is 0.101. The molecule has 2 amide bonds. The Kier molecular flexibility index (Phi) is 5.82. The second-order valence-electron chi connectivity index (χ2n) is 5.43. The predicted octanol–water partition coefficient (Wildman–Crippen LogP) is 4.32. The van der Waals surface area contributed by atoms with Crippen LogP contribution >= 0.6 is 11.6 Å². The molecule has 0 atom stereocenters. The number of urea groups is 1. The number of nitrogens with one attached hydrogen (secondary N) is 2. The summed E-state index contributed by atoms with van der Waals surface area (Å²) in [6.07, 6.45) is 0. The molecular weight excluding hydrogens is 328 g/mol. The number of carbonyl (C=O) groups excluding carboxylic acids is 2. The number of hydrogen-bond donors (Lipinski definition) is 2. The van der Waals surface area contributed by atoms with Crippen molar-refractivity contribution in [2.24, 2.45) is 0 Å². The van der Waals surface area contributed by atoms with Crippen LogP contribution in [0.1, 0.15) is 28.4 Å². The maximum absolute atomic E-state index is 11.9. The van der Waals surface area contributed by atoms with Crippen LogP contribution in [0.2, 0.25) is 5.02 Å². The molecule has 0 aliphatic carbocycles. The fraction of sp³-hybridized carbons (Fsp3) is 0.222. The van der Waals surface area contributed by atoms with Crippen molar-refractivity contribution in [2.75, 3.05) is 12.0 Å². The lowest BCUT2D eigenvalue weighted by Crippen LogP contribution is -2.32. The first-order chi connectivity index (χ1) is 11.4. The third-order valence-electron chi connectivity index (χ3n) is 3.41. The summed E-state index contributed by atoms with van der Waals surface area (Å²) >= 11 is 6.10. The van der Waals surface area contributed by atoms with Crippen LogP contribution in [-0.4, -0.2) is 18.5 Å². The summed E-state index contributed by atoms with van der Waals surface area (Å²) < 4.78 is 5.51. The lowest BCUT2D eigenvalue weighted by atomic mass is 10.1. The van der Waals surface area contributed by atoms with E-state index in [1.54, 1.807) is 24.3 Å². The van der Waals surface area contributed by atoms with Crippen molar-refractivity contribution in [3.63, 3.8) is 0 Å². The maximum atomic E-state index is 11.9. The number of rotatable bonds is 5. The van der Waals surface area contributed by atoms with Gasteiger partial charge in [0.25, 0.3) is 0 Å². The van der Waals surface area contributed by atoms with Crippen LogP contribution in [0.15, 0.2) is 36.4 Å². The molecule has 126 valence electrons. The highest BCUT2D eigenvalue weighted by Crippen LogP contribution is 2.25. The third-order valence-corrected chi connectivity index (χ3v) is 4.00. The average Bonchev–Trinajstić information content (AvgIpc) is 2.52. The molecule has 0 aromatic heterocycles. The summed E-state index contributed by atoms with van der Waals surface area (Å²) in [5.74, 6) is 0.573. The molecule has 0 spiro atoms. The van der Waals surface area contributed by atoms with Crippen LogP contribution in [0.5, 0.6) is 5.75 Å². The smallest absolute Gasteiger partial charge is 0.321 e. The molecular formula is C18H19ClN2O3. The molecule has 2 rings (SSSR count). The van der Waals surface area contributed by atoms with Crippen molar-refractivity contribution in [1.29, 1.82) is 0 Å². The number of amides is 2. The molecule has 0 aliphatic heterocycles. The molecule has 0 heterocycles. The van der Waals surface area contributed by atoms with Gasteiger partial charge in [0.2, 0.25) is 0 Å². The third kappa shape index (κ3) is 4.73. The van der Waals surface area contributed by atoms with Crippen LogP contribution in [-0.2, 0) is 0 Å². The Labute approximate surface area is 146 Å². The molecule has 0 radical (unpaired) electrons. The first-order valence-electron chi connectivity index (χ1n) is 7.42. The number of anilines is 1. The van der Waals surface area contributed by atoms with Crippen molar-refractivity contribution in [3.05, 3.63) is 58.1 Å². The molecule has 2 aromatic rings. The molecule has 0 bridgehead atoms. The Balaban J connectivity index is 1.88. The first-order valence-corrected chi connectivity index (χ1v) is 7.80. The summed E-state index contributed by atoms with van der Waals surface area (Å²) in [5.41, 5.74) is 2.91. The van der Waals surface area contributed by atoms with Gasteiger partial charge in [0.05, 0.1) is 0 Å². The summed E-state index contributed by atoms with van der Waals surface area (Å²) in [4.78, 5) is 23.2. The molecule has 0 aliphatic rings. The van der Waals surface area contributed by atoms with E-state index >= 15 is 0 Å².